The van der Waals surface area contributed by atoms with Gasteiger partial charge in [-0.15, -0.1) is 11.3 Å². The molecule has 0 fully saturated rings. The average molecular weight is 278 g/mol. The van der Waals surface area contributed by atoms with Crippen LogP contribution in [0.25, 0.3) is 10.6 Å². The number of nitrogens with one attached hydrogen (secondary N) is 1. The Hall–Kier alpha value is -1.26. The van der Waals surface area contributed by atoms with Crippen LogP contribution in [0.15, 0.2) is 24.3 Å². The molecule has 1 aromatic carbocycles. The van der Waals surface area contributed by atoms with Crippen LogP contribution in [0.3, 0.4) is 0 Å². The van der Waals surface area contributed by atoms with Gasteiger partial charge in [-0.1, -0.05) is 26.0 Å². The van der Waals surface area contributed by atoms with E-state index in [-0.39, 0.29) is 5.82 Å². The Bertz CT molecular complexity index is 549. The first-order valence-electron chi connectivity index (χ1n) is 6.49. The van der Waals surface area contributed by atoms with Crippen LogP contribution in [-0.2, 0) is 6.54 Å². The monoisotopic (exact) mass is 278 g/mol. The first-order chi connectivity index (χ1) is 9.06. The van der Waals surface area contributed by atoms with Crippen molar-refractivity contribution in [3.05, 3.63) is 40.7 Å². The maximum atomic E-state index is 13.2. The number of rotatable bonds is 5. The third kappa shape index (κ3) is 3.85. The van der Waals surface area contributed by atoms with E-state index in [4.69, 9.17) is 0 Å². The van der Waals surface area contributed by atoms with Crippen molar-refractivity contribution in [1.29, 1.82) is 0 Å². The van der Waals surface area contributed by atoms with E-state index in [2.05, 4.69) is 24.1 Å². The second-order valence-corrected chi connectivity index (χ2v) is 6.15. The molecule has 1 aromatic heterocycles. The fraction of sp³-hybridized carbons (Fsp3) is 0.400. The fourth-order valence-corrected chi connectivity index (χ4v) is 2.84. The lowest BCUT2D eigenvalue weighted by Gasteiger charge is -2.05. The quantitative estimate of drug-likeness (QED) is 0.894. The molecule has 0 amide bonds. The van der Waals surface area contributed by atoms with Crippen molar-refractivity contribution in [1.82, 2.24) is 10.3 Å². The van der Waals surface area contributed by atoms with Gasteiger partial charge >= 0.3 is 0 Å². The summed E-state index contributed by atoms with van der Waals surface area (Å²) in [5.41, 5.74) is 1.88. The minimum Gasteiger partial charge on any atom is -0.312 e. The first-order valence-corrected chi connectivity index (χ1v) is 7.31. The number of benzene rings is 1. The molecule has 19 heavy (non-hydrogen) atoms. The minimum absolute atomic E-state index is 0.218. The number of nitrogens with zero attached hydrogens (tertiary/aromatic N) is 1. The number of hydrogen-bond donors (Lipinski definition) is 1. The van der Waals surface area contributed by atoms with E-state index in [1.165, 1.54) is 17.0 Å². The van der Waals surface area contributed by atoms with E-state index >= 15 is 0 Å². The SMILES string of the molecule is Cc1nc(-c2cccc(F)c2)sc1CNCC(C)C. The average Bonchev–Trinajstić information content (AvgIpc) is 2.71. The van der Waals surface area contributed by atoms with Crippen molar-refractivity contribution in [3.63, 3.8) is 0 Å². The van der Waals surface area contributed by atoms with E-state index in [0.717, 1.165) is 29.4 Å². The molecule has 0 aliphatic rings. The Balaban J connectivity index is 2.12. The molecule has 2 aromatic rings. The highest BCUT2D eigenvalue weighted by molar-refractivity contribution is 7.15. The highest BCUT2D eigenvalue weighted by atomic mass is 32.1. The highest BCUT2D eigenvalue weighted by Gasteiger charge is 2.09. The number of halogens is 1. The van der Waals surface area contributed by atoms with Crippen LogP contribution in [0.1, 0.15) is 24.4 Å². The summed E-state index contributed by atoms with van der Waals surface area (Å²) < 4.78 is 13.2. The molecule has 0 aliphatic heterocycles. The summed E-state index contributed by atoms with van der Waals surface area (Å²) in [6.07, 6.45) is 0. The lowest BCUT2D eigenvalue weighted by molar-refractivity contribution is 0.554. The lowest BCUT2D eigenvalue weighted by Crippen LogP contribution is -2.18. The molecule has 0 saturated heterocycles. The molecular weight excluding hydrogens is 259 g/mol. The zero-order valence-electron chi connectivity index (χ0n) is 11.5. The Morgan fingerprint density at radius 1 is 1.37 bits per heavy atom. The first kappa shape index (κ1) is 14.2. The smallest absolute Gasteiger partial charge is 0.124 e. The van der Waals surface area contributed by atoms with Crippen LogP contribution in [0, 0.1) is 18.7 Å². The van der Waals surface area contributed by atoms with Gasteiger partial charge < -0.3 is 5.32 Å². The summed E-state index contributed by atoms with van der Waals surface area (Å²) >= 11 is 1.63. The van der Waals surface area contributed by atoms with Gasteiger partial charge in [-0.2, -0.15) is 0 Å². The molecule has 0 radical (unpaired) electrons. The Morgan fingerprint density at radius 3 is 2.84 bits per heavy atom. The second kappa shape index (κ2) is 6.26. The molecule has 102 valence electrons. The van der Waals surface area contributed by atoms with Crippen molar-refractivity contribution in [2.75, 3.05) is 6.54 Å². The van der Waals surface area contributed by atoms with Gasteiger partial charge in [-0.3, -0.25) is 0 Å². The van der Waals surface area contributed by atoms with Crippen LogP contribution in [-0.4, -0.2) is 11.5 Å². The van der Waals surface area contributed by atoms with Crippen LogP contribution >= 0.6 is 11.3 Å². The summed E-state index contributed by atoms with van der Waals surface area (Å²) in [5.74, 6) is 0.417. The van der Waals surface area contributed by atoms with Crippen molar-refractivity contribution in [3.8, 4) is 10.6 Å². The molecule has 0 spiro atoms. The van der Waals surface area contributed by atoms with Gasteiger partial charge in [-0.25, -0.2) is 9.37 Å². The van der Waals surface area contributed by atoms with Crippen molar-refractivity contribution in [2.45, 2.75) is 27.3 Å². The Kier molecular flexibility index (Phi) is 4.66. The van der Waals surface area contributed by atoms with E-state index in [0.29, 0.717) is 5.92 Å². The lowest BCUT2D eigenvalue weighted by atomic mass is 10.2. The molecule has 0 saturated carbocycles. The molecule has 0 bridgehead atoms. The molecule has 2 nitrogen and oxygen atoms in total. The van der Waals surface area contributed by atoms with E-state index in [9.17, 15) is 4.39 Å². The third-order valence-corrected chi connectivity index (χ3v) is 4.01. The Labute approximate surface area is 117 Å². The molecule has 2 rings (SSSR count). The summed E-state index contributed by atoms with van der Waals surface area (Å²) in [5, 5.41) is 4.30. The molecule has 1 heterocycles. The summed E-state index contributed by atoms with van der Waals surface area (Å²) in [6, 6.07) is 6.60. The molecule has 0 aliphatic carbocycles. The molecule has 0 atom stereocenters. The predicted molar refractivity (Wildman–Crippen MR) is 78.8 cm³/mol. The summed E-state index contributed by atoms with van der Waals surface area (Å²) in [6.45, 7) is 8.20. The maximum absolute atomic E-state index is 13.2. The van der Waals surface area contributed by atoms with Crippen LogP contribution < -0.4 is 5.32 Å². The van der Waals surface area contributed by atoms with Gasteiger partial charge in [0.25, 0.3) is 0 Å². The number of hydrogen-bond acceptors (Lipinski definition) is 3. The summed E-state index contributed by atoms with van der Waals surface area (Å²) in [7, 11) is 0. The van der Waals surface area contributed by atoms with E-state index < -0.39 is 0 Å². The van der Waals surface area contributed by atoms with Crippen LogP contribution in [0.4, 0.5) is 4.39 Å². The van der Waals surface area contributed by atoms with E-state index in [1.807, 2.05) is 13.0 Å². The third-order valence-electron chi connectivity index (χ3n) is 2.80. The molecule has 4 heteroatoms. The standard InChI is InChI=1S/C15H19FN2S/c1-10(2)8-17-9-14-11(3)18-15(19-14)12-5-4-6-13(16)7-12/h4-7,10,17H,8-9H2,1-3H3. The number of thiazole rings is 1. The second-order valence-electron chi connectivity index (χ2n) is 5.06. The minimum atomic E-state index is -0.218. The largest absolute Gasteiger partial charge is 0.312 e. The van der Waals surface area contributed by atoms with Gasteiger partial charge in [0.2, 0.25) is 0 Å². The molecule has 1 N–H and O–H groups in total. The molecular formula is C15H19FN2S. The zero-order valence-corrected chi connectivity index (χ0v) is 12.4. The highest BCUT2D eigenvalue weighted by Crippen LogP contribution is 2.28. The zero-order chi connectivity index (χ0) is 13.8. The van der Waals surface area contributed by atoms with Gasteiger partial charge in [0.1, 0.15) is 10.8 Å². The van der Waals surface area contributed by atoms with E-state index in [1.54, 1.807) is 17.4 Å². The van der Waals surface area contributed by atoms with Crippen molar-refractivity contribution in [2.24, 2.45) is 5.92 Å². The molecule has 0 unspecified atom stereocenters. The van der Waals surface area contributed by atoms with Crippen molar-refractivity contribution < 1.29 is 4.39 Å². The number of aromatic nitrogens is 1. The van der Waals surface area contributed by atoms with Crippen LogP contribution in [0.5, 0.6) is 0 Å². The van der Waals surface area contributed by atoms with Crippen molar-refractivity contribution >= 4 is 11.3 Å². The normalized spacial score (nSPS) is 11.2. The topological polar surface area (TPSA) is 24.9 Å². The summed E-state index contributed by atoms with van der Waals surface area (Å²) in [4.78, 5) is 5.75. The predicted octanol–water partition coefficient (Wildman–Crippen LogP) is 4.00. The van der Waals surface area contributed by atoms with Gasteiger partial charge in [0.05, 0.1) is 5.69 Å². The number of aryl methyl sites for hydroxylation is 1. The fourth-order valence-electron chi connectivity index (χ4n) is 1.81. The van der Waals surface area contributed by atoms with Gasteiger partial charge in [0, 0.05) is 17.0 Å². The van der Waals surface area contributed by atoms with Crippen LogP contribution in [0.2, 0.25) is 0 Å². The Morgan fingerprint density at radius 2 is 2.16 bits per heavy atom. The van der Waals surface area contributed by atoms with Gasteiger partial charge in [-0.05, 0) is 31.5 Å². The van der Waals surface area contributed by atoms with Gasteiger partial charge in [0.15, 0.2) is 0 Å². The maximum Gasteiger partial charge on any atom is 0.124 e.